The maximum atomic E-state index is 14.4. The van der Waals surface area contributed by atoms with E-state index in [1.54, 1.807) is 60.7 Å². The van der Waals surface area contributed by atoms with Crippen molar-refractivity contribution in [1.29, 1.82) is 5.26 Å². The lowest BCUT2D eigenvalue weighted by atomic mass is 9.69. The van der Waals surface area contributed by atoms with E-state index in [9.17, 15) is 14.9 Å². The third-order valence-electron chi connectivity index (χ3n) is 6.17. The zero-order valence-electron chi connectivity index (χ0n) is 17.1. The molecule has 4 aromatic rings. The minimum atomic E-state index is -1.80. The van der Waals surface area contributed by atoms with Crippen LogP contribution in [0.15, 0.2) is 99.5 Å². The van der Waals surface area contributed by atoms with Crippen molar-refractivity contribution < 1.29 is 13.9 Å². The first-order chi connectivity index (χ1) is 16.1. The largest absolute Gasteiger partial charge is 0.439 e. The first kappa shape index (κ1) is 18.9. The molecule has 33 heavy (non-hydrogen) atoms. The Hall–Kier alpha value is -4.83. The fourth-order valence-electron chi connectivity index (χ4n) is 4.86. The van der Waals surface area contributed by atoms with E-state index in [1.807, 2.05) is 24.3 Å². The molecule has 7 nitrogen and oxygen atoms in total. The van der Waals surface area contributed by atoms with E-state index in [0.29, 0.717) is 27.9 Å². The van der Waals surface area contributed by atoms with Gasteiger partial charge in [-0.15, -0.1) is 0 Å². The van der Waals surface area contributed by atoms with Crippen LogP contribution in [0.25, 0.3) is 11.0 Å². The number of para-hydroxylation sites is 3. The molecule has 2 aliphatic rings. The van der Waals surface area contributed by atoms with Crippen LogP contribution < -0.4 is 21.0 Å². The summed E-state index contributed by atoms with van der Waals surface area (Å²) in [5, 5.41) is 10.6. The van der Waals surface area contributed by atoms with E-state index in [4.69, 9.17) is 14.9 Å². The molecule has 1 amide bonds. The van der Waals surface area contributed by atoms with Gasteiger partial charge in [0.25, 0.3) is 5.91 Å². The van der Waals surface area contributed by atoms with Crippen molar-refractivity contribution >= 4 is 28.3 Å². The molecule has 0 saturated heterocycles. The first-order valence-electron chi connectivity index (χ1n) is 10.2. The Morgan fingerprint density at radius 3 is 2.39 bits per heavy atom. The Bertz CT molecular complexity index is 1610. The van der Waals surface area contributed by atoms with E-state index >= 15 is 0 Å². The molecule has 2 aliphatic heterocycles. The Morgan fingerprint density at radius 2 is 1.61 bits per heavy atom. The third-order valence-corrected chi connectivity index (χ3v) is 6.17. The van der Waals surface area contributed by atoms with E-state index in [0.717, 1.165) is 0 Å². The number of carbonyl (C=O) groups excluding carboxylic acids is 1. The quantitative estimate of drug-likeness (QED) is 0.457. The summed E-state index contributed by atoms with van der Waals surface area (Å²) in [7, 11) is 0. The van der Waals surface area contributed by atoms with Crippen molar-refractivity contribution in [3.8, 4) is 11.8 Å². The highest BCUT2D eigenvalue weighted by molar-refractivity contribution is 6.18. The predicted molar refractivity (Wildman–Crippen MR) is 121 cm³/mol. The second kappa shape index (κ2) is 6.58. The molecule has 3 aromatic carbocycles. The molecule has 0 bridgehead atoms. The molecule has 0 radical (unpaired) electrons. The summed E-state index contributed by atoms with van der Waals surface area (Å²) in [6.45, 7) is 0. The van der Waals surface area contributed by atoms with Crippen molar-refractivity contribution in [3.63, 3.8) is 0 Å². The van der Waals surface area contributed by atoms with Crippen molar-refractivity contribution in [3.05, 3.63) is 112 Å². The van der Waals surface area contributed by atoms with Crippen LogP contribution in [-0.2, 0) is 10.2 Å². The summed E-state index contributed by atoms with van der Waals surface area (Å²) in [6.07, 6.45) is 0. The fraction of sp³-hybridized carbons (Fsp3) is 0.0385. The van der Waals surface area contributed by atoms with Gasteiger partial charge in [0.1, 0.15) is 22.8 Å². The van der Waals surface area contributed by atoms with Crippen LogP contribution in [0.3, 0.4) is 0 Å². The Kier molecular flexibility index (Phi) is 3.77. The monoisotopic (exact) mass is 433 g/mol. The number of nitriles is 1. The molecule has 0 aliphatic carbocycles. The maximum absolute atomic E-state index is 14.4. The fourth-order valence-corrected chi connectivity index (χ4v) is 4.86. The summed E-state index contributed by atoms with van der Waals surface area (Å²) in [5.74, 6) is -0.600. The molecule has 6 rings (SSSR count). The van der Waals surface area contributed by atoms with E-state index in [-0.39, 0.29) is 22.8 Å². The van der Waals surface area contributed by atoms with E-state index < -0.39 is 16.9 Å². The highest BCUT2D eigenvalue weighted by Gasteiger charge is 2.61. The number of amides is 1. The smallest absolute Gasteiger partial charge is 0.345 e. The normalized spacial score (nSPS) is 18.8. The van der Waals surface area contributed by atoms with Gasteiger partial charge in [-0.2, -0.15) is 5.26 Å². The number of rotatable bonds is 1. The van der Waals surface area contributed by atoms with Gasteiger partial charge < -0.3 is 14.9 Å². The van der Waals surface area contributed by atoms with Crippen LogP contribution >= 0.6 is 0 Å². The van der Waals surface area contributed by atoms with Gasteiger partial charge >= 0.3 is 5.63 Å². The van der Waals surface area contributed by atoms with Crippen LogP contribution in [0, 0.1) is 11.3 Å². The molecular weight excluding hydrogens is 418 g/mol. The lowest BCUT2D eigenvalue weighted by Gasteiger charge is -2.33. The van der Waals surface area contributed by atoms with Crippen LogP contribution in [0.2, 0.25) is 0 Å². The molecule has 1 atom stereocenters. The topological polar surface area (TPSA) is 110 Å². The molecule has 3 heterocycles. The van der Waals surface area contributed by atoms with Crippen LogP contribution in [0.5, 0.6) is 5.75 Å². The SMILES string of the molecule is N#CC1=C(N)Oc2c(c(=O)oc3ccccc23)C12C(=O)N(c1ccccc1)c1ccccc12. The van der Waals surface area contributed by atoms with Crippen LogP contribution in [0.4, 0.5) is 11.4 Å². The molecular formula is C26H15N3O4. The molecule has 7 heteroatoms. The van der Waals surface area contributed by atoms with E-state index in [2.05, 4.69) is 0 Å². The van der Waals surface area contributed by atoms with Crippen LogP contribution in [0.1, 0.15) is 11.1 Å². The standard InChI is InChI=1S/C26H15N3O4/c27-14-18-23(28)33-22-16-10-4-7-13-20(16)32-24(30)21(22)26(18)17-11-5-6-12-19(17)29(25(26)31)15-8-2-1-3-9-15/h1-13H,28H2. The average Bonchev–Trinajstić information content (AvgIpc) is 3.08. The summed E-state index contributed by atoms with van der Waals surface area (Å²) < 4.78 is 11.4. The summed E-state index contributed by atoms with van der Waals surface area (Å²) >= 11 is 0. The molecule has 0 saturated carbocycles. The van der Waals surface area contributed by atoms with Gasteiger partial charge in [0.15, 0.2) is 11.2 Å². The van der Waals surface area contributed by atoms with Gasteiger partial charge in [0.2, 0.25) is 5.88 Å². The Morgan fingerprint density at radius 1 is 0.909 bits per heavy atom. The summed E-state index contributed by atoms with van der Waals surface area (Å²) in [5.41, 5.74) is 5.38. The Labute approximate surface area is 187 Å². The maximum Gasteiger partial charge on any atom is 0.345 e. The van der Waals surface area contributed by atoms with Crippen molar-refractivity contribution in [2.75, 3.05) is 4.90 Å². The molecule has 1 spiro atoms. The minimum Gasteiger partial charge on any atom is -0.439 e. The van der Waals surface area contributed by atoms with Gasteiger partial charge in [-0.3, -0.25) is 9.69 Å². The van der Waals surface area contributed by atoms with Gasteiger partial charge in [0, 0.05) is 11.3 Å². The highest BCUT2D eigenvalue weighted by Crippen LogP contribution is 2.56. The lowest BCUT2D eigenvalue weighted by molar-refractivity contribution is -0.120. The van der Waals surface area contributed by atoms with Crippen LogP contribution in [-0.4, -0.2) is 5.91 Å². The third kappa shape index (κ3) is 2.27. The average molecular weight is 433 g/mol. The van der Waals surface area contributed by atoms with Gasteiger partial charge in [-0.05, 0) is 30.3 Å². The number of anilines is 2. The van der Waals surface area contributed by atoms with Crippen molar-refractivity contribution in [2.24, 2.45) is 5.73 Å². The summed E-state index contributed by atoms with van der Waals surface area (Å²) in [4.78, 5) is 29.3. The lowest BCUT2D eigenvalue weighted by Crippen LogP contribution is -2.47. The molecule has 0 fully saturated rings. The number of carbonyl (C=O) groups is 1. The van der Waals surface area contributed by atoms with Gasteiger partial charge in [0.05, 0.1) is 11.1 Å². The summed E-state index contributed by atoms with van der Waals surface area (Å²) in [6, 6.07) is 25.0. The number of hydrogen-bond donors (Lipinski definition) is 1. The van der Waals surface area contributed by atoms with E-state index in [1.165, 1.54) is 4.90 Å². The predicted octanol–water partition coefficient (Wildman–Crippen LogP) is 3.84. The zero-order valence-corrected chi connectivity index (χ0v) is 17.1. The van der Waals surface area contributed by atoms with Crippen molar-refractivity contribution in [1.82, 2.24) is 0 Å². The molecule has 1 unspecified atom stereocenters. The number of benzene rings is 3. The molecule has 158 valence electrons. The minimum absolute atomic E-state index is 0.0529. The second-order valence-corrected chi connectivity index (χ2v) is 7.79. The highest BCUT2D eigenvalue weighted by atomic mass is 16.5. The van der Waals surface area contributed by atoms with Gasteiger partial charge in [-0.25, -0.2) is 4.79 Å². The number of nitrogens with two attached hydrogens (primary N) is 1. The zero-order chi connectivity index (χ0) is 22.7. The first-order valence-corrected chi connectivity index (χ1v) is 10.2. The number of ether oxygens (including phenoxy) is 1. The van der Waals surface area contributed by atoms with Crippen molar-refractivity contribution in [2.45, 2.75) is 5.41 Å². The number of nitrogens with zero attached hydrogens (tertiary/aromatic N) is 2. The molecule has 2 N–H and O–H groups in total. The number of hydrogen-bond acceptors (Lipinski definition) is 6. The number of fused-ring (bicyclic) bond motifs is 6. The molecule has 1 aromatic heterocycles. The Balaban J connectivity index is 1.80. The van der Waals surface area contributed by atoms with Gasteiger partial charge in [-0.1, -0.05) is 48.5 Å². The second-order valence-electron chi connectivity index (χ2n) is 7.79.